The first kappa shape index (κ1) is 9.16. The van der Waals surface area contributed by atoms with Gasteiger partial charge in [-0.15, -0.1) is 0 Å². The van der Waals surface area contributed by atoms with Crippen LogP contribution in [0.15, 0.2) is 36.4 Å². The predicted octanol–water partition coefficient (Wildman–Crippen LogP) is -0.365. The summed E-state index contributed by atoms with van der Waals surface area (Å²) >= 11 is 0. The van der Waals surface area contributed by atoms with E-state index in [2.05, 4.69) is 0 Å². The molecule has 0 aliphatic rings. The summed E-state index contributed by atoms with van der Waals surface area (Å²) in [5.41, 5.74) is 0. The molecule has 0 aliphatic carbocycles. The van der Waals surface area contributed by atoms with E-state index in [1.54, 1.807) is 0 Å². The van der Waals surface area contributed by atoms with Crippen LogP contribution in [-0.2, 0) is 0 Å². The van der Waals surface area contributed by atoms with Gasteiger partial charge in [0, 0.05) is 0 Å². The van der Waals surface area contributed by atoms with Crippen LogP contribution in [0, 0.1) is 0 Å². The Morgan fingerprint density at radius 3 is 0.800 bits per heavy atom. The Morgan fingerprint density at radius 1 is 0.600 bits per heavy atom. The van der Waals surface area contributed by atoms with Crippen LogP contribution in [0.1, 0.15) is 0 Å². The van der Waals surface area contributed by atoms with Crippen LogP contribution >= 0.6 is 0 Å². The summed E-state index contributed by atoms with van der Waals surface area (Å²) < 4.78 is 0. The van der Waals surface area contributed by atoms with Crippen molar-refractivity contribution in [2.24, 2.45) is 0 Å². The van der Waals surface area contributed by atoms with Crippen molar-refractivity contribution < 1.29 is 15.1 Å². The van der Waals surface area contributed by atoms with E-state index < -0.39 is 7.32 Å². The van der Waals surface area contributed by atoms with E-state index in [0.717, 1.165) is 0 Å². The zero-order valence-corrected chi connectivity index (χ0v) is 5.38. The molecule has 0 saturated carbocycles. The van der Waals surface area contributed by atoms with Gasteiger partial charge >= 0.3 is 7.32 Å². The van der Waals surface area contributed by atoms with Crippen molar-refractivity contribution in [3.05, 3.63) is 36.4 Å². The summed E-state index contributed by atoms with van der Waals surface area (Å²) in [6.45, 7) is 0. The number of rotatable bonds is 0. The van der Waals surface area contributed by atoms with Crippen LogP contribution in [-0.4, -0.2) is 22.4 Å². The molecule has 0 spiro atoms. The Kier molecular flexibility index (Phi) is 5.76. The zero-order chi connectivity index (χ0) is 7.82. The smallest absolute Gasteiger partial charge is 0.402 e. The van der Waals surface area contributed by atoms with Gasteiger partial charge < -0.3 is 15.1 Å². The van der Waals surface area contributed by atoms with Crippen LogP contribution < -0.4 is 0 Å². The lowest BCUT2D eigenvalue weighted by Gasteiger charge is -1.69. The molecule has 1 aromatic rings. The Bertz CT molecular complexity index is 113. The van der Waals surface area contributed by atoms with Gasteiger partial charge in [-0.3, -0.25) is 0 Å². The van der Waals surface area contributed by atoms with Crippen molar-refractivity contribution in [1.82, 2.24) is 0 Å². The van der Waals surface area contributed by atoms with Gasteiger partial charge in [0.2, 0.25) is 0 Å². The Hall–Kier alpha value is -0.835. The molecule has 0 bridgehead atoms. The number of hydrogen-bond acceptors (Lipinski definition) is 3. The molecular weight excluding hydrogens is 131 g/mol. The van der Waals surface area contributed by atoms with Crippen LogP contribution in [0.3, 0.4) is 0 Å². The Balaban J connectivity index is 0.000000180. The molecule has 1 rings (SSSR count). The largest absolute Gasteiger partial charge is 0.631 e. The molecule has 0 heterocycles. The maximum Gasteiger partial charge on any atom is 0.631 e. The summed E-state index contributed by atoms with van der Waals surface area (Å²) in [7, 11) is -2.17. The molecule has 1 aromatic carbocycles. The monoisotopic (exact) mass is 140 g/mol. The van der Waals surface area contributed by atoms with E-state index >= 15 is 0 Å². The lowest BCUT2D eigenvalue weighted by atomic mass is 10.3. The molecule has 54 valence electrons. The third-order valence-electron chi connectivity index (χ3n) is 0.667. The van der Waals surface area contributed by atoms with Gasteiger partial charge in [0.1, 0.15) is 0 Å². The third kappa shape index (κ3) is 10.2. The predicted molar refractivity (Wildman–Crippen MR) is 38.9 cm³/mol. The summed E-state index contributed by atoms with van der Waals surface area (Å²) in [5.74, 6) is 0. The fourth-order valence-corrected chi connectivity index (χ4v) is 0.385. The second kappa shape index (κ2) is 6.29. The number of benzene rings is 1. The Morgan fingerprint density at radius 2 is 0.700 bits per heavy atom. The second-order valence-corrected chi connectivity index (χ2v) is 1.50. The first-order chi connectivity index (χ1) is 4.73. The molecule has 0 amide bonds. The molecule has 0 atom stereocenters. The number of hydrogen-bond donors (Lipinski definition) is 3. The molecular formula is C6H9BO3. The lowest BCUT2D eigenvalue weighted by Crippen LogP contribution is -2.07. The first-order valence-corrected chi connectivity index (χ1v) is 2.77. The highest BCUT2D eigenvalue weighted by molar-refractivity contribution is 6.30. The topological polar surface area (TPSA) is 60.7 Å². The van der Waals surface area contributed by atoms with Crippen molar-refractivity contribution >= 4 is 7.32 Å². The zero-order valence-electron chi connectivity index (χ0n) is 5.38. The molecule has 0 saturated heterocycles. The van der Waals surface area contributed by atoms with Crippen LogP contribution in [0.25, 0.3) is 0 Å². The van der Waals surface area contributed by atoms with E-state index in [-0.39, 0.29) is 0 Å². The van der Waals surface area contributed by atoms with Gasteiger partial charge in [-0.25, -0.2) is 0 Å². The minimum absolute atomic E-state index is 2.00. The summed E-state index contributed by atoms with van der Waals surface area (Å²) in [5, 5.41) is 21.5. The standard InChI is InChI=1S/C6H6.BH3O3/c1-2-4-6-5-3-1;2-1(3)4/h1-6H;2-4H. The lowest BCUT2D eigenvalue weighted by molar-refractivity contribution is 0.278. The molecule has 4 heteroatoms. The van der Waals surface area contributed by atoms with E-state index in [1.807, 2.05) is 36.4 Å². The molecule has 10 heavy (non-hydrogen) atoms. The summed E-state index contributed by atoms with van der Waals surface area (Å²) in [4.78, 5) is 0. The molecule has 0 unspecified atom stereocenters. The van der Waals surface area contributed by atoms with Crippen molar-refractivity contribution in [3.8, 4) is 0 Å². The first-order valence-electron chi connectivity index (χ1n) is 2.77. The van der Waals surface area contributed by atoms with E-state index in [4.69, 9.17) is 15.1 Å². The van der Waals surface area contributed by atoms with E-state index in [0.29, 0.717) is 0 Å². The fraction of sp³-hybridized carbons (Fsp3) is 0. The highest BCUT2D eigenvalue weighted by atomic mass is 16.5. The van der Waals surface area contributed by atoms with Gasteiger partial charge in [0.15, 0.2) is 0 Å². The van der Waals surface area contributed by atoms with Gasteiger partial charge in [-0.2, -0.15) is 0 Å². The minimum atomic E-state index is -2.17. The molecule has 0 radical (unpaired) electrons. The highest BCUT2D eigenvalue weighted by Crippen LogP contribution is 1.79. The van der Waals surface area contributed by atoms with Gasteiger partial charge in [0.25, 0.3) is 0 Å². The third-order valence-corrected chi connectivity index (χ3v) is 0.667. The van der Waals surface area contributed by atoms with Gasteiger partial charge in [-0.05, 0) is 0 Å². The van der Waals surface area contributed by atoms with E-state index in [9.17, 15) is 0 Å². The molecule has 0 aliphatic heterocycles. The van der Waals surface area contributed by atoms with Gasteiger partial charge in [-0.1, -0.05) is 36.4 Å². The average molecular weight is 140 g/mol. The van der Waals surface area contributed by atoms with Crippen LogP contribution in [0.2, 0.25) is 0 Å². The van der Waals surface area contributed by atoms with E-state index in [1.165, 1.54) is 0 Å². The highest BCUT2D eigenvalue weighted by Gasteiger charge is 1.92. The summed E-state index contributed by atoms with van der Waals surface area (Å²) in [6, 6.07) is 12.0. The molecule has 3 nitrogen and oxygen atoms in total. The second-order valence-electron chi connectivity index (χ2n) is 1.50. The van der Waals surface area contributed by atoms with Crippen molar-refractivity contribution in [1.29, 1.82) is 0 Å². The molecule has 3 N–H and O–H groups in total. The summed E-state index contributed by atoms with van der Waals surface area (Å²) in [6.07, 6.45) is 0. The molecule has 0 fully saturated rings. The minimum Gasteiger partial charge on any atom is -0.402 e. The maximum atomic E-state index is 7.17. The quantitative estimate of drug-likeness (QED) is 0.431. The fourth-order valence-electron chi connectivity index (χ4n) is 0.385. The molecule has 0 aromatic heterocycles. The normalized spacial score (nSPS) is 7.50. The average Bonchev–Trinajstić information content (AvgIpc) is 1.90. The van der Waals surface area contributed by atoms with Crippen LogP contribution in [0.5, 0.6) is 0 Å². The SMILES string of the molecule is OB(O)O.c1ccccc1. The maximum absolute atomic E-state index is 7.17. The van der Waals surface area contributed by atoms with Gasteiger partial charge in [0.05, 0.1) is 0 Å². The van der Waals surface area contributed by atoms with Crippen molar-refractivity contribution in [2.45, 2.75) is 0 Å². The van der Waals surface area contributed by atoms with Crippen LogP contribution in [0.4, 0.5) is 0 Å². The Labute approximate surface area is 59.7 Å². The van der Waals surface area contributed by atoms with Crippen molar-refractivity contribution in [2.75, 3.05) is 0 Å². The van der Waals surface area contributed by atoms with Crippen molar-refractivity contribution in [3.63, 3.8) is 0 Å².